The Hall–Kier alpha value is -2.80. The normalized spacial score (nSPS) is 17.1. The molecule has 1 saturated heterocycles. The zero-order valence-electron chi connectivity index (χ0n) is 14.7. The lowest BCUT2D eigenvalue weighted by molar-refractivity contribution is -0.138. The Labute approximate surface area is 152 Å². The third-order valence-corrected chi connectivity index (χ3v) is 4.50. The number of nitrogens with one attached hydrogen (secondary N) is 1. The van der Waals surface area contributed by atoms with Crippen molar-refractivity contribution < 1.29 is 19.1 Å². The average molecular weight is 357 g/mol. The van der Waals surface area contributed by atoms with Crippen LogP contribution in [0, 0.1) is 0 Å². The summed E-state index contributed by atoms with van der Waals surface area (Å²) in [6, 6.07) is 11.5. The SMILES string of the molecule is COc1ccc2cc([C@@H]3CN(C(=O)CCNC(N)=O)CCO3)ccc2c1. The van der Waals surface area contributed by atoms with Gasteiger partial charge >= 0.3 is 6.03 Å². The van der Waals surface area contributed by atoms with Gasteiger partial charge in [0, 0.05) is 19.5 Å². The second-order valence-corrected chi connectivity index (χ2v) is 6.21. The Kier molecular flexibility index (Phi) is 5.58. The molecule has 0 unspecified atom stereocenters. The molecule has 1 heterocycles. The maximum Gasteiger partial charge on any atom is 0.312 e. The van der Waals surface area contributed by atoms with Crippen molar-refractivity contribution in [2.75, 3.05) is 33.4 Å². The molecule has 1 atom stereocenters. The molecule has 26 heavy (non-hydrogen) atoms. The van der Waals surface area contributed by atoms with Gasteiger partial charge in [0.25, 0.3) is 0 Å². The summed E-state index contributed by atoms with van der Waals surface area (Å²) in [7, 11) is 1.65. The molecule has 2 aromatic carbocycles. The predicted octanol–water partition coefficient (Wildman–Crippen LogP) is 1.81. The largest absolute Gasteiger partial charge is 0.497 e. The number of carbonyl (C=O) groups is 2. The van der Waals surface area contributed by atoms with Gasteiger partial charge in [0.05, 0.1) is 20.3 Å². The van der Waals surface area contributed by atoms with Crippen LogP contribution in [0.5, 0.6) is 5.75 Å². The molecule has 0 spiro atoms. The van der Waals surface area contributed by atoms with E-state index in [1.165, 1.54) is 0 Å². The predicted molar refractivity (Wildman–Crippen MR) is 98.0 cm³/mol. The molecule has 7 nitrogen and oxygen atoms in total. The molecule has 3 rings (SSSR count). The fraction of sp³-hybridized carbons (Fsp3) is 0.368. The van der Waals surface area contributed by atoms with E-state index in [-0.39, 0.29) is 25.0 Å². The topological polar surface area (TPSA) is 93.9 Å². The van der Waals surface area contributed by atoms with E-state index in [0.29, 0.717) is 19.7 Å². The van der Waals surface area contributed by atoms with Gasteiger partial charge in [0.1, 0.15) is 11.9 Å². The fourth-order valence-corrected chi connectivity index (χ4v) is 3.10. The second-order valence-electron chi connectivity index (χ2n) is 6.21. The van der Waals surface area contributed by atoms with Crippen LogP contribution in [-0.4, -0.2) is 50.2 Å². The minimum Gasteiger partial charge on any atom is -0.497 e. The van der Waals surface area contributed by atoms with Gasteiger partial charge < -0.3 is 25.4 Å². The fourth-order valence-electron chi connectivity index (χ4n) is 3.10. The Morgan fingerprint density at radius 1 is 1.27 bits per heavy atom. The van der Waals surface area contributed by atoms with Crippen molar-refractivity contribution in [3.63, 3.8) is 0 Å². The first-order valence-electron chi connectivity index (χ1n) is 8.57. The molecule has 3 amide bonds. The summed E-state index contributed by atoms with van der Waals surface area (Å²) in [5, 5.41) is 4.63. The van der Waals surface area contributed by atoms with E-state index < -0.39 is 6.03 Å². The van der Waals surface area contributed by atoms with Gasteiger partial charge in [0.15, 0.2) is 0 Å². The number of rotatable bonds is 5. The number of methoxy groups -OCH3 is 1. The highest BCUT2D eigenvalue weighted by molar-refractivity contribution is 5.84. The van der Waals surface area contributed by atoms with E-state index in [2.05, 4.69) is 11.4 Å². The standard InChI is InChI=1S/C19H23N3O4/c1-25-16-5-4-13-10-15(3-2-14(13)11-16)17-12-22(8-9-26-17)18(23)6-7-21-19(20)24/h2-5,10-11,17H,6-9,12H2,1H3,(H3,20,21,24)/t17-/m0/s1. The van der Waals surface area contributed by atoms with Crippen LogP contribution in [0.4, 0.5) is 4.79 Å². The summed E-state index contributed by atoms with van der Waals surface area (Å²) in [6.07, 6.45) is 0.0657. The third kappa shape index (κ3) is 4.23. The number of urea groups is 1. The van der Waals surface area contributed by atoms with Gasteiger partial charge in [-0.05, 0) is 34.5 Å². The molecule has 138 valence electrons. The lowest BCUT2D eigenvalue weighted by atomic mass is 10.0. The highest BCUT2D eigenvalue weighted by Crippen LogP contribution is 2.28. The highest BCUT2D eigenvalue weighted by atomic mass is 16.5. The van der Waals surface area contributed by atoms with E-state index in [1.54, 1.807) is 12.0 Å². The molecule has 0 radical (unpaired) electrons. The van der Waals surface area contributed by atoms with Crippen molar-refractivity contribution in [3.8, 4) is 5.75 Å². The molecular formula is C19H23N3O4. The maximum atomic E-state index is 12.3. The quantitative estimate of drug-likeness (QED) is 0.853. The number of hydrogen-bond donors (Lipinski definition) is 2. The van der Waals surface area contributed by atoms with Gasteiger partial charge in [-0.15, -0.1) is 0 Å². The van der Waals surface area contributed by atoms with Gasteiger partial charge in [-0.2, -0.15) is 0 Å². The summed E-state index contributed by atoms with van der Waals surface area (Å²) in [5.74, 6) is 0.804. The number of nitrogens with zero attached hydrogens (tertiary/aromatic N) is 1. The lowest BCUT2D eigenvalue weighted by Gasteiger charge is -2.33. The van der Waals surface area contributed by atoms with Crippen molar-refractivity contribution in [2.24, 2.45) is 5.73 Å². The monoisotopic (exact) mass is 357 g/mol. The van der Waals surface area contributed by atoms with Crippen LogP contribution in [0.25, 0.3) is 10.8 Å². The van der Waals surface area contributed by atoms with Gasteiger partial charge in [-0.25, -0.2) is 4.79 Å². The Morgan fingerprint density at radius 3 is 2.81 bits per heavy atom. The smallest absolute Gasteiger partial charge is 0.312 e. The molecule has 3 N–H and O–H groups in total. The van der Waals surface area contributed by atoms with E-state index in [1.807, 2.05) is 30.3 Å². The van der Waals surface area contributed by atoms with Crippen LogP contribution in [0.2, 0.25) is 0 Å². The Bertz CT molecular complexity index is 808. The molecular weight excluding hydrogens is 334 g/mol. The minimum absolute atomic E-state index is 0.0161. The van der Waals surface area contributed by atoms with Gasteiger partial charge in [-0.1, -0.05) is 18.2 Å². The van der Waals surface area contributed by atoms with Crippen LogP contribution < -0.4 is 15.8 Å². The molecule has 0 aromatic heterocycles. The first kappa shape index (κ1) is 18.0. The Balaban J connectivity index is 1.68. The van der Waals surface area contributed by atoms with Crippen molar-refractivity contribution in [1.29, 1.82) is 0 Å². The molecule has 1 fully saturated rings. The summed E-state index contributed by atoms with van der Waals surface area (Å²) in [6.45, 7) is 1.78. The summed E-state index contributed by atoms with van der Waals surface area (Å²) >= 11 is 0. The summed E-state index contributed by atoms with van der Waals surface area (Å²) < 4.78 is 11.1. The van der Waals surface area contributed by atoms with Crippen molar-refractivity contribution in [1.82, 2.24) is 10.2 Å². The second kappa shape index (κ2) is 8.05. The van der Waals surface area contributed by atoms with Crippen molar-refractivity contribution >= 4 is 22.7 Å². The lowest BCUT2D eigenvalue weighted by Crippen LogP contribution is -2.43. The minimum atomic E-state index is -0.620. The summed E-state index contributed by atoms with van der Waals surface area (Å²) in [5.41, 5.74) is 6.05. The zero-order valence-corrected chi connectivity index (χ0v) is 14.7. The number of hydrogen-bond acceptors (Lipinski definition) is 4. The molecule has 0 saturated carbocycles. The summed E-state index contributed by atoms with van der Waals surface area (Å²) in [4.78, 5) is 24.8. The van der Waals surface area contributed by atoms with Gasteiger partial charge in [-0.3, -0.25) is 4.79 Å². The molecule has 7 heteroatoms. The first-order chi connectivity index (χ1) is 12.6. The zero-order chi connectivity index (χ0) is 18.5. The van der Waals surface area contributed by atoms with Crippen LogP contribution in [-0.2, 0) is 9.53 Å². The first-order valence-corrected chi connectivity index (χ1v) is 8.57. The van der Waals surface area contributed by atoms with E-state index in [9.17, 15) is 9.59 Å². The van der Waals surface area contributed by atoms with Crippen molar-refractivity contribution in [2.45, 2.75) is 12.5 Å². The average Bonchev–Trinajstić information content (AvgIpc) is 2.66. The number of primary amides is 1. The van der Waals surface area contributed by atoms with Crippen LogP contribution in [0.15, 0.2) is 36.4 Å². The van der Waals surface area contributed by atoms with Crippen molar-refractivity contribution in [3.05, 3.63) is 42.0 Å². The molecule has 1 aliphatic rings. The van der Waals surface area contributed by atoms with E-state index >= 15 is 0 Å². The number of nitrogens with two attached hydrogens (primary N) is 1. The number of carbonyl (C=O) groups excluding carboxylic acids is 2. The van der Waals surface area contributed by atoms with Gasteiger partial charge in [0.2, 0.25) is 5.91 Å². The molecule has 0 bridgehead atoms. The maximum absolute atomic E-state index is 12.3. The number of benzene rings is 2. The highest BCUT2D eigenvalue weighted by Gasteiger charge is 2.25. The number of fused-ring (bicyclic) bond motifs is 1. The number of ether oxygens (including phenoxy) is 2. The molecule has 2 aromatic rings. The van der Waals surface area contributed by atoms with Crippen LogP contribution in [0.3, 0.4) is 0 Å². The number of morpholine rings is 1. The molecule has 1 aliphatic heterocycles. The third-order valence-electron chi connectivity index (χ3n) is 4.50. The van der Waals surface area contributed by atoms with E-state index in [0.717, 1.165) is 22.1 Å². The number of amides is 3. The van der Waals surface area contributed by atoms with Crippen LogP contribution in [0.1, 0.15) is 18.1 Å². The molecule has 0 aliphatic carbocycles. The Morgan fingerprint density at radius 2 is 2.04 bits per heavy atom. The van der Waals surface area contributed by atoms with E-state index in [4.69, 9.17) is 15.2 Å². The van der Waals surface area contributed by atoms with Crippen LogP contribution >= 0.6 is 0 Å².